The lowest BCUT2D eigenvalue weighted by Crippen LogP contribution is -2.20. The van der Waals surface area contributed by atoms with Crippen molar-refractivity contribution in [3.05, 3.63) is 27.2 Å². The van der Waals surface area contributed by atoms with Gasteiger partial charge in [0.15, 0.2) is 0 Å². The Bertz CT molecular complexity index is 398. The lowest BCUT2D eigenvalue weighted by molar-refractivity contribution is -0.145. The van der Waals surface area contributed by atoms with Gasteiger partial charge in [-0.2, -0.15) is 0 Å². The third-order valence-corrected chi connectivity index (χ3v) is 2.60. The Labute approximate surface area is 115 Å². The Balaban J connectivity index is 2.67. The zero-order valence-electron chi connectivity index (χ0n) is 9.39. The Kier molecular flexibility index (Phi) is 5.37. The maximum absolute atomic E-state index is 11.3. The van der Waals surface area contributed by atoms with Gasteiger partial charge in [0, 0.05) is 5.02 Å². The first-order valence-corrected chi connectivity index (χ1v) is 6.11. The first-order chi connectivity index (χ1) is 7.90. The van der Waals surface area contributed by atoms with Gasteiger partial charge in [-0.1, -0.05) is 34.8 Å². The summed E-state index contributed by atoms with van der Waals surface area (Å²) in [6.45, 7) is 3.56. The number of hydrogen-bond acceptors (Lipinski definition) is 3. The Hall–Kier alpha value is -0.640. The smallest absolute Gasteiger partial charge is 0.325 e. The molecule has 6 heteroatoms. The van der Waals surface area contributed by atoms with Crippen LogP contribution in [0.15, 0.2) is 12.1 Å². The minimum atomic E-state index is -0.373. The molecule has 0 amide bonds. The van der Waals surface area contributed by atoms with Crippen molar-refractivity contribution in [2.24, 2.45) is 0 Å². The highest BCUT2D eigenvalue weighted by Gasteiger charge is 2.10. The summed E-state index contributed by atoms with van der Waals surface area (Å²) in [5.74, 6) is -0.373. The molecule has 0 atom stereocenters. The van der Waals surface area contributed by atoms with E-state index in [1.165, 1.54) is 0 Å². The van der Waals surface area contributed by atoms with Crippen molar-refractivity contribution >= 4 is 46.5 Å². The molecule has 94 valence electrons. The molecule has 0 aliphatic rings. The van der Waals surface area contributed by atoms with Gasteiger partial charge in [-0.25, -0.2) is 0 Å². The van der Waals surface area contributed by atoms with Crippen LogP contribution in [0.1, 0.15) is 13.8 Å². The minimum Gasteiger partial charge on any atom is -0.462 e. The average molecular weight is 297 g/mol. The third kappa shape index (κ3) is 4.62. The number of benzene rings is 1. The molecule has 0 saturated heterocycles. The van der Waals surface area contributed by atoms with Crippen LogP contribution in [0.25, 0.3) is 0 Å². The molecule has 0 saturated carbocycles. The lowest BCUT2D eigenvalue weighted by Gasteiger charge is -2.12. The number of nitrogens with one attached hydrogen (secondary N) is 1. The summed E-state index contributed by atoms with van der Waals surface area (Å²) in [6, 6.07) is 3.09. The number of ether oxygens (including phenoxy) is 1. The molecule has 1 aromatic carbocycles. The minimum absolute atomic E-state index is 0.000742. The van der Waals surface area contributed by atoms with Crippen LogP contribution >= 0.6 is 34.8 Å². The van der Waals surface area contributed by atoms with Crippen molar-refractivity contribution in [2.45, 2.75) is 20.0 Å². The molecule has 0 heterocycles. The van der Waals surface area contributed by atoms with Gasteiger partial charge in [-0.3, -0.25) is 4.79 Å². The lowest BCUT2D eigenvalue weighted by atomic mass is 10.3. The van der Waals surface area contributed by atoms with Crippen LogP contribution in [-0.4, -0.2) is 18.6 Å². The number of rotatable bonds is 4. The molecular formula is C11H12Cl3NO2. The highest BCUT2D eigenvalue weighted by atomic mass is 35.5. The molecule has 3 nitrogen and oxygen atoms in total. The van der Waals surface area contributed by atoms with Gasteiger partial charge in [0.1, 0.15) is 6.54 Å². The number of carbonyl (C=O) groups excluding carboxylic acids is 1. The van der Waals surface area contributed by atoms with Gasteiger partial charge in [0.05, 0.1) is 21.8 Å². The highest BCUT2D eigenvalue weighted by molar-refractivity contribution is 6.41. The van der Waals surface area contributed by atoms with Crippen LogP contribution < -0.4 is 5.32 Å². The monoisotopic (exact) mass is 295 g/mol. The maximum atomic E-state index is 11.3. The first kappa shape index (κ1) is 14.4. The number of carbonyl (C=O) groups is 1. The fourth-order valence-corrected chi connectivity index (χ4v) is 2.13. The van der Waals surface area contributed by atoms with Crippen molar-refractivity contribution in [1.82, 2.24) is 0 Å². The van der Waals surface area contributed by atoms with E-state index >= 15 is 0 Å². The summed E-state index contributed by atoms with van der Waals surface area (Å²) >= 11 is 17.6. The van der Waals surface area contributed by atoms with Crippen molar-refractivity contribution in [2.75, 3.05) is 11.9 Å². The molecular weight excluding hydrogens is 284 g/mol. The standard InChI is InChI=1S/C11H12Cl3NO2/c1-6(2)17-10(16)5-15-11-8(13)3-7(12)4-9(11)14/h3-4,6,15H,5H2,1-2H3. The number of esters is 1. The molecule has 0 fully saturated rings. The average Bonchev–Trinajstić information content (AvgIpc) is 2.14. The first-order valence-electron chi connectivity index (χ1n) is 4.98. The topological polar surface area (TPSA) is 38.3 Å². The van der Waals surface area contributed by atoms with Gasteiger partial charge in [0.2, 0.25) is 0 Å². The van der Waals surface area contributed by atoms with Crippen LogP contribution in [-0.2, 0) is 9.53 Å². The van der Waals surface area contributed by atoms with Crippen LogP contribution in [0.2, 0.25) is 15.1 Å². The normalized spacial score (nSPS) is 10.5. The maximum Gasteiger partial charge on any atom is 0.325 e. The quantitative estimate of drug-likeness (QED) is 0.853. The molecule has 0 spiro atoms. The van der Waals surface area contributed by atoms with E-state index in [1.807, 2.05) is 0 Å². The summed E-state index contributed by atoms with van der Waals surface area (Å²) < 4.78 is 4.96. The van der Waals surface area contributed by atoms with Crippen molar-refractivity contribution in [1.29, 1.82) is 0 Å². The molecule has 0 aromatic heterocycles. The van der Waals surface area contributed by atoms with Gasteiger partial charge in [0.25, 0.3) is 0 Å². The van der Waals surface area contributed by atoms with E-state index in [9.17, 15) is 4.79 Å². The van der Waals surface area contributed by atoms with Gasteiger partial charge in [-0.15, -0.1) is 0 Å². The van der Waals surface area contributed by atoms with Crippen LogP contribution in [0, 0.1) is 0 Å². The number of anilines is 1. The van der Waals surface area contributed by atoms with E-state index in [0.29, 0.717) is 20.8 Å². The Morgan fingerprint density at radius 2 is 1.82 bits per heavy atom. The molecule has 0 unspecified atom stereocenters. The second-order valence-electron chi connectivity index (χ2n) is 3.64. The van der Waals surface area contributed by atoms with E-state index in [4.69, 9.17) is 39.5 Å². The predicted molar refractivity (Wildman–Crippen MR) is 71.2 cm³/mol. The summed E-state index contributed by atoms with van der Waals surface area (Å²) in [7, 11) is 0. The van der Waals surface area contributed by atoms with Crippen molar-refractivity contribution in [3.8, 4) is 0 Å². The molecule has 0 aliphatic carbocycles. The second kappa shape index (κ2) is 6.34. The zero-order valence-corrected chi connectivity index (χ0v) is 11.7. The molecule has 17 heavy (non-hydrogen) atoms. The van der Waals surface area contributed by atoms with Crippen LogP contribution in [0.4, 0.5) is 5.69 Å². The third-order valence-electron chi connectivity index (χ3n) is 1.78. The summed E-state index contributed by atoms with van der Waals surface area (Å²) in [6.07, 6.45) is -0.152. The summed E-state index contributed by atoms with van der Waals surface area (Å²) in [4.78, 5) is 11.3. The highest BCUT2D eigenvalue weighted by Crippen LogP contribution is 2.33. The van der Waals surface area contributed by atoms with Gasteiger partial charge in [-0.05, 0) is 26.0 Å². The molecule has 0 aliphatic heterocycles. The Morgan fingerprint density at radius 3 is 2.29 bits per heavy atom. The van der Waals surface area contributed by atoms with Crippen LogP contribution in [0.3, 0.4) is 0 Å². The van der Waals surface area contributed by atoms with E-state index in [1.54, 1.807) is 26.0 Å². The molecule has 1 aromatic rings. The van der Waals surface area contributed by atoms with E-state index in [-0.39, 0.29) is 18.6 Å². The predicted octanol–water partition coefficient (Wildman–Crippen LogP) is 4.01. The summed E-state index contributed by atoms with van der Waals surface area (Å²) in [5.41, 5.74) is 0.471. The van der Waals surface area contributed by atoms with E-state index in [0.717, 1.165) is 0 Å². The number of hydrogen-bond donors (Lipinski definition) is 1. The fourth-order valence-electron chi connectivity index (χ4n) is 1.18. The van der Waals surface area contributed by atoms with Gasteiger partial charge >= 0.3 is 5.97 Å². The Morgan fingerprint density at radius 1 is 1.29 bits per heavy atom. The molecule has 1 rings (SSSR count). The molecule has 0 radical (unpaired) electrons. The molecule has 0 bridgehead atoms. The number of halogens is 3. The zero-order chi connectivity index (χ0) is 13.0. The van der Waals surface area contributed by atoms with E-state index in [2.05, 4.69) is 5.32 Å². The molecule has 1 N–H and O–H groups in total. The second-order valence-corrected chi connectivity index (χ2v) is 4.89. The van der Waals surface area contributed by atoms with Crippen molar-refractivity contribution in [3.63, 3.8) is 0 Å². The van der Waals surface area contributed by atoms with Gasteiger partial charge < -0.3 is 10.1 Å². The SMILES string of the molecule is CC(C)OC(=O)CNc1c(Cl)cc(Cl)cc1Cl. The van der Waals surface area contributed by atoms with Crippen LogP contribution in [0.5, 0.6) is 0 Å². The summed E-state index contributed by atoms with van der Waals surface area (Å²) in [5, 5.41) is 3.98. The largest absolute Gasteiger partial charge is 0.462 e. The fraction of sp³-hybridized carbons (Fsp3) is 0.364. The van der Waals surface area contributed by atoms with Crippen molar-refractivity contribution < 1.29 is 9.53 Å². The van der Waals surface area contributed by atoms with E-state index < -0.39 is 0 Å².